The van der Waals surface area contributed by atoms with Crippen molar-refractivity contribution in [2.75, 3.05) is 13.2 Å². The van der Waals surface area contributed by atoms with E-state index in [1.54, 1.807) is 5.57 Å². The highest BCUT2D eigenvalue weighted by Crippen LogP contribution is 2.31. The Morgan fingerprint density at radius 3 is 2.71 bits per heavy atom. The molecule has 0 saturated carbocycles. The third-order valence-electron chi connectivity index (χ3n) is 4.23. The largest absolute Gasteiger partial charge is 0.466 e. The van der Waals surface area contributed by atoms with Crippen molar-refractivity contribution in [3.63, 3.8) is 0 Å². The summed E-state index contributed by atoms with van der Waals surface area (Å²) in [6.45, 7) is 7.12. The second kappa shape index (κ2) is 10.8. The number of esters is 1. The van der Waals surface area contributed by atoms with E-state index in [2.05, 4.69) is 19.9 Å². The van der Waals surface area contributed by atoms with Crippen LogP contribution in [0.5, 0.6) is 0 Å². The maximum absolute atomic E-state index is 10.6. The molecule has 122 valence electrons. The zero-order chi connectivity index (χ0) is 15.5. The summed E-state index contributed by atoms with van der Waals surface area (Å²) in [7, 11) is 0. The number of hydrogen-bond acceptors (Lipinski definition) is 3. The van der Waals surface area contributed by atoms with Gasteiger partial charge in [0, 0.05) is 19.4 Å². The van der Waals surface area contributed by atoms with Crippen molar-refractivity contribution in [3.05, 3.63) is 11.6 Å². The van der Waals surface area contributed by atoms with Crippen LogP contribution in [0.15, 0.2) is 11.6 Å². The van der Waals surface area contributed by atoms with Gasteiger partial charge in [-0.3, -0.25) is 4.79 Å². The number of unbranched alkanes of at least 4 members (excludes halogenated alkanes) is 4. The van der Waals surface area contributed by atoms with Gasteiger partial charge < -0.3 is 9.47 Å². The third-order valence-corrected chi connectivity index (χ3v) is 4.23. The van der Waals surface area contributed by atoms with E-state index < -0.39 is 0 Å². The van der Waals surface area contributed by atoms with Crippen LogP contribution >= 0.6 is 0 Å². The number of carbonyl (C=O) groups excluding carboxylic acids is 1. The van der Waals surface area contributed by atoms with E-state index in [4.69, 9.17) is 9.47 Å². The number of carbonyl (C=O) groups is 1. The molecule has 0 aliphatic heterocycles. The number of hydrogen-bond donors (Lipinski definition) is 0. The van der Waals surface area contributed by atoms with E-state index >= 15 is 0 Å². The molecule has 0 aromatic carbocycles. The monoisotopic (exact) mass is 296 g/mol. The summed E-state index contributed by atoms with van der Waals surface area (Å²) in [5.41, 5.74) is 1.63. The minimum absolute atomic E-state index is 0.168. The number of ether oxygens (including phenoxy) is 2. The van der Waals surface area contributed by atoms with Crippen LogP contribution in [-0.2, 0) is 14.3 Å². The molecular weight excluding hydrogens is 264 g/mol. The first kappa shape index (κ1) is 18.2. The molecule has 2 unspecified atom stereocenters. The van der Waals surface area contributed by atoms with Crippen molar-refractivity contribution < 1.29 is 14.3 Å². The first-order chi connectivity index (χ1) is 10.1. The molecule has 0 spiro atoms. The molecule has 0 saturated heterocycles. The maximum Gasteiger partial charge on any atom is 0.302 e. The minimum atomic E-state index is -0.168. The summed E-state index contributed by atoms with van der Waals surface area (Å²) in [5.74, 6) is 0.461. The lowest BCUT2D eigenvalue weighted by Gasteiger charge is -2.16. The molecule has 0 fully saturated rings. The molecule has 0 amide bonds. The first-order valence-electron chi connectivity index (χ1n) is 8.58. The van der Waals surface area contributed by atoms with Crippen molar-refractivity contribution in [1.82, 2.24) is 0 Å². The van der Waals surface area contributed by atoms with Crippen LogP contribution in [0.1, 0.15) is 72.1 Å². The van der Waals surface area contributed by atoms with Gasteiger partial charge in [-0.2, -0.15) is 0 Å². The second-order valence-electron chi connectivity index (χ2n) is 6.05. The molecule has 2 atom stereocenters. The first-order valence-corrected chi connectivity index (χ1v) is 8.58. The van der Waals surface area contributed by atoms with E-state index in [1.165, 1.54) is 45.4 Å². The van der Waals surface area contributed by atoms with Crippen LogP contribution in [0, 0.1) is 5.92 Å². The fourth-order valence-electron chi connectivity index (χ4n) is 2.99. The Morgan fingerprint density at radius 1 is 1.29 bits per heavy atom. The van der Waals surface area contributed by atoms with Gasteiger partial charge in [-0.15, -0.1) is 0 Å². The van der Waals surface area contributed by atoms with Crippen molar-refractivity contribution in [3.8, 4) is 0 Å². The standard InChI is InChI=1S/C18H32O3/c1-4-20-15(2)18-12-11-17(14-18)10-8-6-5-7-9-13-21-16(3)19/h14-15,18H,4-13H2,1-3H3. The summed E-state index contributed by atoms with van der Waals surface area (Å²) in [6, 6.07) is 0. The zero-order valence-corrected chi connectivity index (χ0v) is 14.0. The van der Waals surface area contributed by atoms with Gasteiger partial charge in [0.1, 0.15) is 0 Å². The van der Waals surface area contributed by atoms with Crippen molar-refractivity contribution in [2.45, 2.75) is 78.2 Å². The molecule has 3 heteroatoms. The van der Waals surface area contributed by atoms with Gasteiger partial charge in [-0.1, -0.05) is 30.9 Å². The molecule has 1 aliphatic carbocycles. The molecule has 0 heterocycles. The highest BCUT2D eigenvalue weighted by Gasteiger charge is 2.21. The van der Waals surface area contributed by atoms with Crippen molar-refractivity contribution in [2.24, 2.45) is 5.92 Å². The quantitative estimate of drug-likeness (QED) is 0.316. The Hall–Kier alpha value is -0.830. The summed E-state index contributed by atoms with van der Waals surface area (Å²) in [6.07, 6.45) is 12.6. The van der Waals surface area contributed by atoms with Crippen molar-refractivity contribution >= 4 is 5.97 Å². The van der Waals surface area contributed by atoms with E-state index in [0.29, 0.717) is 18.6 Å². The molecule has 0 aromatic heterocycles. The van der Waals surface area contributed by atoms with Gasteiger partial charge in [0.25, 0.3) is 0 Å². The average Bonchev–Trinajstić information content (AvgIpc) is 2.90. The maximum atomic E-state index is 10.6. The molecule has 1 rings (SSSR count). The van der Waals surface area contributed by atoms with Crippen LogP contribution < -0.4 is 0 Å². The predicted octanol–water partition coefficient (Wildman–Crippen LogP) is 4.65. The van der Waals surface area contributed by atoms with Crippen LogP contribution in [-0.4, -0.2) is 25.3 Å². The van der Waals surface area contributed by atoms with E-state index in [-0.39, 0.29) is 5.97 Å². The Bertz CT molecular complexity index is 322. The topological polar surface area (TPSA) is 35.5 Å². The van der Waals surface area contributed by atoms with Crippen LogP contribution in [0.2, 0.25) is 0 Å². The number of rotatable bonds is 11. The van der Waals surface area contributed by atoms with Gasteiger partial charge in [-0.25, -0.2) is 0 Å². The highest BCUT2D eigenvalue weighted by molar-refractivity contribution is 5.65. The summed E-state index contributed by atoms with van der Waals surface area (Å²) >= 11 is 0. The molecule has 0 radical (unpaired) electrons. The van der Waals surface area contributed by atoms with Crippen molar-refractivity contribution in [1.29, 1.82) is 0 Å². The lowest BCUT2D eigenvalue weighted by Crippen LogP contribution is -2.16. The van der Waals surface area contributed by atoms with Crippen LogP contribution in [0.4, 0.5) is 0 Å². The average molecular weight is 296 g/mol. The van der Waals surface area contributed by atoms with Crippen LogP contribution in [0.25, 0.3) is 0 Å². The van der Waals surface area contributed by atoms with E-state index in [0.717, 1.165) is 19.4 Å². The SMILES string of the molecule is CCOC(C)C1C=C(CCCCCCCOC(C)=O)CC1. The summed E-state index contributed by atoms with van der Waals surface area (Å²) in [4.78, 5) is 10.6. The molecule has 0 aromatic rings. The normalized spacial score (nSPS) is 19.4. The van der Waals surface area contributed by atoms with Gasteiger partial charge in [0.15, 0.2) is 0 Å². The lowest BCUT2D eigenvalue weighted by atomic mass is 10.0. The van der Waals surface area contributed by atoms with Gasteiger partial charge in [-0.05, 0) is 46.0 Å². The Balaban J connectivity index is 2.00. The summed E-state index contributed by atoms with van der Waals surface area (Å²) < 4.78 is 10.6. The second-order valence-corrected chi connectivity index (χ2v) is 6.05. The molecule has 3 nitrogen and oxygen atoms in total. The number of allylic oxidation sites excluding steroid dienone is 1. The molecular formula is C18H32O3. The molecule has 21 heavy (non-hydrogen) atoms. The van der Waals surface area contributed by atoms with Gasteiger partial charge in [0.05, 0.1) is 12.7 Å². The smallest absolute Gasteiger partial charge is 0.302 e. The Morgan fingerprint density at radius 2 is 2.00 bits per heavy atom. The Labute approximate surface area is 130 Å². The fraction of sp³-hybridized carbons (Fsp3) is 0.833. The highest BCUT2D eigenvalue weighted by atomic mass is 16.5. The lowest BCUT2D eigenvalue weighted by molar-refractivity contribution is -0.141. The van der Waals surface area contributed by atoms with Gasteiger partial charge >= 0.3 is 5.97 Å². The fourth-order valence-corrected chi connectivity index (χ4v) is 2.99. The predicted molar refractivity (Wildman–Crippen MR) is 86.2 cm³/mol. The molecule has 1 aliphatic rings. The minimum Gasteiger partial charge on any atom is -0.466 e. The van der Waals surface area contributed by atoms with E-state index in [1.807, 2.05) is 0 Å². The van der Waals surface area contributed by atoms with Crippen LogP contribution in [0.3, 0.4) is 0 Å². The zero-order valence-electron chi connectivity index (χ0n) is 14.0. The Kier molecular flexibility index (Phi) is 9.40. The van der Waals surface area contributed by atoms with Gasteiger partial charge in [0.2, 0.25) is 0 Å². The third kappa shape index (κ3) is 8.25. The summed E-state index contributed by atoms with van der Waals surface area (Å²) in [5, 5.41) is 0. The molecule has 0 bridgehead atoms. The van der Waals surface area contributed by atoms with E-state index in [9.17, 15) is 4.79 Å². The molecule has 0 N–H and O–H groups in total.